The Labute approximate surface area is 166 Å². The molecule has 4 saturated carbocycles. The maximum atomic E-state index is 12.5. The summed E-state index contributed by atoms with van der Waals surface area (Å²) in [7, 11) is 0. The molecule has 4 aliphatic carbocycles. The molecule has 27 heavy (non-hydrogen) atoms. The van der Waals surface area contributed by atoms with Crippen molar-refractivity contribution in [3.63, 3.8) is 0 Å². The van der Waals surface area contributed by atoms with Crippen LogP contribution in [0.5, 0.6) is 0 Å². The molecule has 4 rings (SSSR count). The summed E-state index contributed by atoms with van der Waals surface area (Å²) in [5.41, 5.74) is -0.251. The first-order valence-electron chi connectivity index (χ1n) is 11.6. The van der Waals surface area contributed by atoms with Crippen molar-refractivity contribution in [2.75, 3.05) is 0 Å². The summed E-state index contributed by atoms with van der Waals surface area (Å²) in [5.74, 6) is 4.43. The number of Topliss-reactive ketones (excluding diaryl/α,β-unsaturated/α-hetero) is 1. The number of fused-ring (bicyclic) bond motifs is 5. The summed E-state index contributed by atoms with van der Waals surface area (Å²) in [5, 5.41) is 14.5. The number of hydrogen-bond acceptors (Lipinski definition) is 3. The topological polar surface area (TPSA) is 49.3 Å². The minimum absolute atomic E-state index is 0.187. The third kappa shape index (κ3) is 3.31. The first-order valence-corrected chi connectivity index (χ1v) is 11.6. The Morgan fingerprint density at radius 2 is 1.74 bits per heavy atom. The second kappa shape index (κ2) is 6.83. The Hall–Kier alpha value is -0.410. The first kappa shape index (κ1) is 19.9. The summed E-state index contributed by atoms with van der Waals surface area (Å²) in [4.78, 5) is 12.5. The highest BCUT2D eigenvalue weighted by molar-refractivity contribution is 5.79. The van der Waals surface area contributed by atoms with E-state index in [2.05, 4.69) is 26.1 Å². The fourth-order valence-electron chi connectivity index (χ4n) is 8.42. The molecule has 0 bridgehead atoms. The molecule has 9 atom stereocenters. The molecule has 0 aromatic heterocycles. The van der Waals surface area contributed by atoms with Gasteiger partial charge in [0, 0.05) is 18.0 Å². The lowest BCUT2D eigenvalue weighted by atomic mass is 9.48. The van der Waals surface area contributed by atoms with Crippen LogP contribution in [-0.2, 0) is 4.79 Å². The van der Waals surface area contributed by atoms with E-state index in [1.165, 1.54) is 32.1 Å². The highest BCUT2D eigenvalue weighted by atomic mass is 16.3. The van der Waals surface area contributed by atoms with Gasteiger partial charge in [0.25, 0.3) is 0 Å². The van der Waals surface area contributed by atoms with Gasteiger partial charge in [-0.1, -0.05) is 20.8 Å². The van der Waals surface area contributed by atoms with Crippen molar-refractivity contribution in [1.29, 1.82) is 0 Å². The molecular formula is C24H41NO2. The molecule has 0 saturated heterocycles. The molecule has 0 spiro atoms. The third-order valence-corrected chi connectivity index (χ3v) is 9.29. The second-order valence-electron chi connectivity index (χ2n) is 11.5. The maximum absolute atomic E-state index is 12.5. The van der Waals surface area contributed by atoms with Crippen molar-refractivity contribution in [3.05, 3.63) is 0 Å². The van der Waals surface area contributed by atoms with Crippen LogP contribution in [0.1, 0.15) is 86.0 Å². The van der Waals surface area contributed by atoms with Gasteiger partial charge in [-0.15, -0.1) is 0 Å². The van der Waals surface area contributed by atoms with Crippen molar-refractivity contribution in [3.8, 4) is 0 Å². The molecule has 3 nitrogen and oxygen atoms in total. The van der Waals surface area contributed by atoms with Crippen molar-refractivity contribution in [1.82, 2.24) is 5.32 Å². The minimum atomic E-state index is -0.438. The predicted molar refractivity (Wildman–Crippen MR) is 109 cm³/mol. The molecule has 0 aromatic carbocycles. The Balaban J connectivity index is 1.61. The minimum Gasteiger partial charge on any atom is -0.390 e. The van der Waals surface area contributed by atoms with Crippen molar-refractivity contribution < 1.29 is 9.90 Å². The lowest BCUT2D eigenvalue weighted by Gasteiger charge is -2.57. The van der Waals surface area contributed by atoms with E-state index in [-0.39, 0.29) is 11.3 Å². The molecule has 3 heteroatoms. The maximum Gasteiger partial charge on any atom is 0.133 e. The smallest absolute Gasteiger partial charge is 0.133 e. The third-order valence-electron chi connectivity index (χ3n) is 9.29. The zero-order valence-corrected chi connectivity index (χ0v) is 18.1. The summed E-state index contributed by atoms with van der Waals surface area (Å²) < 4.78 is 0. The van der Waals surface area contributed by atoms with E-state index in [0.717, 1.165) is 42.9 Å². The number of ketones is 1. The van der Waals surface area contributed by atoms with Gasteiger partial charge in [0.05, 0.1) is 5.60 Å². The number of rotatable bonds is 3. The highest BCUT2D eigenvalue weighted by Gasteiger charge is 2.61. The monoisotopic (exact) mass is 375 g/mol. The van der Waals surface area contributed by atoms with Crippen LogP contribution in [0.15, 0.2) is 0 Å². The zero-order chi connectivity index (χ0) is 19.6. The van der Waals surface area contributed by atoms with E-state index < -0.39 is 5.60 Å². The summed E-state index contributed by atoms with van der Waals surface area (Å²) in [6, 6.07) is 0.978. The van der Waals surface area contributed by atoms with Crippen LogP contribution in [0.2, 0.25) is 0 Å². The van der Waals surface area contributed by atoms with E-state index >= 15 is 0 Å². The van der Waals surface area contributed by atoms with Crippen molar-refractivity contribution in [2.45, 2.75) is 104 Å². The molecular weight excluding hydrogens is 334 g/mol. The molecule has 0 heterocycles. The van der Waals surface area contributed by atoms with Gasteiger partial charge in [0.15, 0.2) is 0 Å². The van der Waals surface area contributed by atoms with E-state index in [9.17, 15) is 9.90 Å². The van der Waals surface area contributed by atoms with Gasteiger partial charge in [0.1, 0.15) is 5.78 Å². The van der Waals surface area contributed by atoms with Crippen LogP contribution in [0, 0.1) is 40.9 Å². The number of carbonyl (C=O) groups is 1. The van der Waals surface area contributed by atoms with Crippen molar-refractivity contribution in [2.24, 2.45) is 40.9 Å². The van der Waals surface area contributed by atoms with Crippen LogP contribution in [0.4, 0.5) is 0 Å². The van der Waals surface area contributed by atoms with E-state index in [1.54, 1.807) is 0 Å². The number of hydrogen-bond donors (Lipinski definition) is 2. The molecule has 4 fully saturated rings. The largest absolute Gasteiger partial charge is 0.390 e. The zero-order valence-electron chi connectivity index (χ0n) is 18.1. The fraction of sp³-hybridized carbons (Fsp3) is 0.958. The lowest BCUT2D eigenvalue weighted by Crippen LogP contribution is -2.54. The standard InChI is InChI=1S/C24H41NO2/c1-14(2)25-21-12-20(15(3)26)24(5)11-9-18-17-8-10-23(4,27)13-16(17)6-7-19(18)22(21)24/h14,16-22,25,27H,6-13H2,1-5H3/t16-,17+,18-,19-,20-,21?,22-,23-,24-/m1/s1. The van der Waals surface area contributed by atoms with Crippen LogP contribution < -0.4 is 5.32 Å². The average molecular weight is 376 g/mol. The van der Waals surface area contributed by atoms with E-state index in [1.807, 2.05) is 13.8 Å². The summed E-state index contributed by atoms with van der Waals surface area (Å²) in [6.45, 7) is 10.8. The number of aliphatic hydroxyl groups is 1. The molecule has 4 aliphatic rings. The second-order valence-corrected chi connectivity index (χ2v) is 11.5. The van der Waals surface area contributed by atoms with Gasteiger partial charge in [0.2, 0.25) is 0 Å². The van der Waals surface area contributed by atoms with Gasteiger partial charge in [-0.3, -0.25) is 4.79 Å². The molecule has 0 aliphatic heterocycles. The Morgan fingerprint density at radius 1 is 1.04 bits per heavy atom. The Morgan fingerprint density at radius 3 is 2.41 bits per heavy atom. The van der Waals surface area contributed by atoms with Gasteiger partial charge < -0.3 is 10.4 Å². The van der Waals surface area contributed by atoms with Gasteiger partial charge in [-0.25, -0.2) is 0 Å². The summed E-state index contributed by atoms with van der Waals surface area (Å²) in [6.07, 6.45) is 9.35. The van der Waals surface area contributed by atoms with Crippen molar-refractivity contribution >= 4 is 5.78 Å². The highest BCUT2D eigenvalue weighted by Crippen LogP contribution is 2.64. The van der Waals surface area contributed by atoms with Crippen LogP contribution >= 0.6 is 0 Å². The van der Waals surface area contributed by atoms with Crippen LogP contribution in [0.3, 0.4) is 0 Å². The van der Waals surface area contributed by atoms with Crippen LogP contribution in [-0.4, -0.2) is 28.6 Å². The normalized spacial score (nSPS) is 52.2. The molecule has 0 aromatic rings. The molecule has 1 unspecified atom stereocenters. The Bertz CT molecular complexity index is 585. The van der Waals surface area contributed by atoms with Crippen LogP contribution in [0.25, 0.3) is 0 Å². The number of nitrogens with one attached hydrogen (secondary N) is 1. The number of carbonyl (C=O) groups excluding carboxylic acids is 1. The fourth-order valence-corrected chi connectivity index (χ4v) is 8.42. The van der Waals surface area contributed by atoms with Gasteiger partial charge in [-0.2, -0.15) is 0 Å². The van der Waals surface area contributed by atoms with Gasteiger partial charge >= 0.3 is 0 Å². The van der Waals surface area contributed by atoms with E-state index in [4.69, 9.17) is 0 Å². The molecule has 0 amide bonds. The quantitative estimate of drug-likeness (QED) is 0.759. The Kier molecular flexibility index (Phi) is 5.03. The summed E-state index contributed by atoms with van der Waals surface area (Å²) >= 11 is 0. The lowest BCUT2D eigenvalue weighted by molar-refractivity contribution is -0.130. The molecule has 0 radical (unpaired) electrons. The SMILES string of the molecule is CC(=O)[C@H]1CC(NC(C)C)[C@H]2[C@@H]3CC[C@@H]4C[C@](C)(O)CC[C@@H]4[C@H]3CC[C@]12C. The predicted octanol–water partition coefficient (Wildman–Crippen LogP) is 4.57. The molecule has 2 N–H and O–H groups in total. The van der Waals surface area contributed by atoms with Gasteiger partial charge in [-0.05, 0) is 100 Å². The first-order chi connectivity index (χ1) is 12.6. The van der Waals surface area contributed by atoms with E-state index in [0.29, 0.717) is 23.8 Å². The molecule has 154 valence electrons. The average Bonchev–Trinajstić information content (AvgIpc) is 2.85.